The Morgan fingerprint density at radius 1 is 0.242 bits per heavy atom. The third kappa shape index (κ3) is 5.98. The number of aromatic nitrogens is 5. The first kappa shape index (κ1) is 35.5. The number of hydrogen-bond acceptors (Lipinski definition) is 3. The van der Waals surface area contributed by atoms with Crippen LogP contribution >= 0.6 is 0 Å². The molecule has 0 radical (unpaired) electrons. The lowest BCUT2D eigenvalue weighted by Gasteiger charge is -2.15. The van der Waals surface area contributed by atoms with E-state index in [9.17, 15) is 0 Å². The Hall–Kier alpha value is -8.41. The zero-order valence-corrected chi connectivity index (χ0v) is 33.6. The molecule has 5 heteroatoms. The van der Waals surface area contributed by atoms with Crippen molar-refractivity contribution in [3.05, 3.63) is 224 Å². The van der Waals surface area contributed by atoms with Gasteiger partial charge in [0, 0.05) is 49.6 Å². The van der Waals surface area contributed by atoms with Crippen LogP contribution in [0.2, 0.25) is 0 Å². The van der Waals surface area contributed by atoms with Crippen LogP contribution in [-0.4, -0.2) is 24.1 Å². The molecule has 3 heterocycles. The Kier molecular flexibility index (Phi) is 8.42. The van der Waals surface area contributed by atoms with Crippen LogP contribution in [0.3, 0.4) is 0 Å². The minimum Gasteiger partial charge on any atom is -0.309 e. The quantitative estimate of drug-likeness (QED) is 0.162. The van der Waals surface area contributed by atoms with Crippen molar-refractivity contribution >= 4 is 43.6 Å². The van der Waals surface area contributed by atoms with Gasteiger partial charge in [-0.25, -0.2) is 15.0 Å². The van der Waals surface area contributed by atoms with Crippen LogP contribution in [0, 0.1) is 0 Å². The lowest BCUT2D eigenvalue weighted by atomic mass is 9.91. The maximum atomic E-state index is 5.03. The first-order valence-electron chi connectivity index (χ1n) is 20.9. The number of fused-ring (bicyclic) bond motifs is 6. The summed E-state index contributed by atoms with van der Waals surface area (Å²) >= 11 is 0. The predicted molar refractivity (Wildman–Crippen MR) is 256 cm³/mol. The molecule has 0 aliphatic carbocycles. The third-order valence-corrected chi connectivity index (χ3v) is 12.0. The number of rotatable bonds is 7. The first-order chi connectivity index (χ1) is 30.7. The molecule has 0 saturated carbocycles. The van der Waals surface area contributed by atoms with E-state index >= 15 is 0 Å². The van der Waals surface area contributed by atoms with E-state index in [1.54, 1.807) is 0 Å². The smallest absolute Gasteiger partial charge is 0.164 e. The molecule has 0 N–H and O–H groups in total. The molecule has 0 aliphatic rings. The van der Waals surface area contributed by atoms with Crippen molar-refractivity contribution in [2.45, 2.75) is 0 Å². The van der Waals surface area contributed by atoms with Gasteiger partial charge in [-0.2, -0.15) is 0 Å². The topological polar surface area (TPSA) is 48.5 Å². The van der Waals surface area contributed by atoms with Crippen LogP contribution in [0.4, 0.5) is 0 Å². The van der Waals surface area contributed by atoms with Gasteiger partial charge in [-0.3, -0.25) is 0 Å². The van der Waals surface area contributed by atoms with Crippen LogP contribution in [0.15, 0.2) is 224 Å². The fourth-order valence-electron chi connectivity index (χ4n) is 9.08. The normalized spacial score (nSPS) is 11.5. The van der Waals surface area contributed by atoms with Gasteiger partial charge in [0.05, 0.1) is 22.1 Å². The molecule has 0 aliphatic heterocycles. The number of hydrogen-bond donors (Lipinski definition) is 0. The SMILES string of the molecule is c1ccc(-c2nc(-c3ccccc3)nc(-c3ccc(-c4cc5c(cc4-c4ccc6c(c4)c4ccccc4n6-c4ccccc4)c4ccccc4n5-c4ccccc4)cc3)n2)cc1. The summed E-state index contributed by atoms with van der Waals surface area (Å²) in [6.45, 7) is 0. The van der Waals surface area contributed by atoms with Crippen molar-refractivity contribution in [2.75, 3.05) is 0 Å². The fourth-order valence-corrected chi connectivity index (χ4v) is 9.08. The summed E-state index contributed by atoms with van der Waals surface area (Å²) < 4.78 is 4.77. The molecule has 0 saturated heterocycles. The van der Waals surface area contributed by atoms with E-state index in [0.29, 0.717) is 17.5 Å². The van der Waals surface area contributed by atoms with E-state index in [-0.39, 0.29) is 0 Å². The Bertz CT molecular complexity index is 3540. The van der Waals surface area contributed by atoms with Gasteiger partial charge in [-0.1, -0.05) is 164 Å². The van der Waals surface area contributed by atoms with E-state index in [2.05, 4.69) is 173 Å². The largest absolute Gasteiger partial charge is 0.309 e. The zero-order valence-electron chi connectivity index (χ0n) is 33.6. The van der Waals surface area contributed by atoms with Crippen molar-refractivity contribution in [2.24, 2.45) is 0 Å². The minimum absolute atomic E-state index is 0.629. The Labute approximate surface area is 358 Å². The third-order valence-electron chi connectivity index (χ3n) is 12.0. The van der Waals surface area contributed by atoms with Crippen molar-refractivity contribution in [1.29, 1.82) is 0 Å². The van der Waals surface area contributed by atoms with E-state index in [4.69, 9.17) is 15.0 Å². The van der Waals surface area contributed by atoms with Gasteiger partial charge in [0.15, 0.2) is 17.5 Å². The molecule has 12 rings (SSSR count). The molecule has 3 aromatic heterocycles. The second-order valence-corrected chi connectivity index (χ2v) is 15.6. The molecular weight excluding hydrogens is 755 g/mol. The van der Waals surface area contributed by atoms with Gasteiger partial charge in [-0.05, 0) is 82.9 Å². The molecule has 12 aromatic rings. The second kappa shape index (κ2) is 14.7. The maximum absolute atomic E-state index is 5.03. The highest BCUT2D eigenvalue weighted by molar-refractivity contribution is 6.14. The van der Waals surface area contributed by atoms with E-state index < -0.39 is 0 Å². The van der Waals surface area contributed by atoms with Crippen molar-refractivity contribution < 1.29 is 0 Å². The Balaban J connectivity index is 1.07. The van der Waals surface area contributed by atoms with Crippen molar-refractivity contribution in [3.63, 3.8) is 0 Å². The van der Waals surface area contributed by atoms with Gasteiger partial charge in [0.1, 0.15) is 0 Å². The summed E-state index contributed by atoms with van der Waals surface area (Å²) in [5.74, 6) is 1.91. The average Bonchev–Trinajstić information content (AvgIpc) is 3.86. The molecular formula is C57H37N5. The van der Waals surface area contributed by atoms with Gasteiger partial charge in [0.25, 0.3) is 0 Å². The van der Waals surface area contributed by atoms with Crippen LogP contribution in [0.25, 0.3) is 111 Å². The van der Waals surface area contributed by atoms with Gasteiger partial charge in [-0.15, -0.1) is 0 Å². The van der Waals surface area contributed by atoms with Crippen molar-refractivity contribution in [1.82, 2.24) is 24.1 Å². The first-order valence-corrected chi connectivity index (χ1v) is 20.9. The summed E-state index contributed by atoms with van der Waals surface area (Å²) in [6.07, 6.45) is 0. The predicted octanol–water partition coefficient (Wildman–Crippen LogP) is 14.4. The molecule has 9 aromatic carbocycles. The van der Waals surface area contributed by atoms with Crippen LogP contribution in [-0.2, 0) is 0 Å². The van der Waals surface area contributed by atoms with E-state index in [1.165, 1.54) is 38.1 Å². The molecule has 0 fully saturated rings. The number of benzene rings is 9. The van der Waals surface area contributed by atoms with Gasteiger partial charge >= 0.3 is 0 Å². The standard InChI is InChI=1S/C57H37N5/c1-5-17-39(18-6-1)55-58-56(40-19-7-2-8-20-40)60-57(59-55)41-31-29-38(30-32-41)48-37-54-50(46-26-14-16-28-52(46)62(54)44-23-11-4-12-24-44)36-47(48)42-33-34-53-49(35-42)45-25-13-15-27-51(45)61(53)43-21-9-3-10-22-43/h1-37H. The number of nitrogens with zero attached hydrogens (tertiary/aromatic N) is 5. The highest BCUT2D eigenvalue weighted by Gasteiger charge is 2.20. The molecule has 0 atom stereocenters. The van der Waals surface area contributed by atoms with E-state index in [1.807, 2.05) is 60.7 Å². The van der Waals surface area contributed by atoms with Crippen LogP contribution in [0.1, 0.15) is 0 Å². The van der Waals surface area contributed by atoms with Crippen molar-refractivity contribution in [3.8, 4) is 67.8 Å². The number of para-hydroxylation sites is 4. The molecule has 290 valence electrons. The monoisotopic (exact) mass is 791 g/mol. The summed E-state index contributed by atoms with van der Waals surface area (Å²) in [5, 5.41) is 4.87. The van der Waals surface area contributed by atoms with Gasteiger partial charge in [0.2, 0.25) is 0 Å². The highest BCUT2D eigenvalue weighted by Crippen LogP contribution is 2.43. The fraction of sp³-hybridized carbons (Fsp3) is 0. The molecule has 0 spiro atoms. The molecule has 5 nitrogen and oxygen atoms in total. The zero-order chi connectivity index (χ0) is 41.0. The van der Waals surface area contributed by atoms with Crippen LogP contribution < -0.4 is 0 Å². The lowest BCUT2D eigenvalue weighted by molar-refractivity contribution is 1.07. The Morgan fingerprint density at radius 3 is 1.15 bits per heavy atom. The molecule has 0 bridgehead atoms. The lowest BCUT2D eigenvalue weighted by Crippen LogP contribution is -2.00. The second-order valence-electron chi connectivity index (χ2n) is 15.6. The Morgan fingerprint density at radius 2 is 0.613 bits per heavy atom. The summed E-state index contributed by atoms with van der Waals surface area (Å²) in [6, 6.07) is 79.5. The summed E-state index contributed by atoms with van der Waals surface area (Å²) in [7, 11) is 0. The molecule has 0 unspecified atom stereocenters. The van der Waals surface area contributed by atoms with E-state index in [0.717, 1.165) is 55.8 Å². The molecule has 62 heavy (non-hydrogen) atoms. The summed E-state index contributed by atoms with van der Waals surface area (Å²) in [4.78, 5) is 15.0. The van der Waals surface area contributed by atoms with Gasteiger partial charge < -0.3 is 9.13 Å². The average molecular weight is 792 g/mol. The maximum Gasteiger partial charge on any atom is 0.164 e. The highest BCUT2D eigenvalue weighted by atomic mass is 15.0. The summed E-state index contributed by atoms with van der Waals surface area (Å²) in [5.41, 5.74) is 14.3. The van der Waals surface area contributed by atoms with Crippen LogP contribution in [0.5, 0.6) is 0 Å². The molecule has 0 amide bonds. The minimum atomic E-state index is 0.629.